The van der Waals surface area contributed by atoms with Crippen LogP contribution < -0.4 is 10.5 Å². The van der Waals surface area contributed by atoms with Gasteiger partial charge in [-0.25, -0.2) is 0 Å². The van der Waals surface area contributed by atoms with Gasteiger partial charge in [-0.15, -0.1) is 12.4 Å². The molecule has 6 N–H and O–H groups in total. The number of hydrogen-bond acceptors (Lipinski definition) is 11. The van der Waals surface area contributed by atoms with Crippen LogP contribution in [0.25, 0.3) is 0 Å². The van der Waals surface area contributed by atoms with Crippen molar-refractivity contribution in [3.63, 3.8) is 0 Å². The maximum Gasteiger partial charge on any atom is 0.202 e. The van der Waals surface area contributed by atoms with Crippen LogP contribution >= 0.6 is 12.4 Å². The normalized spacial score (nSPS) is 29.5. The van der Waals surface area contributed by atoms with Crippen molar-refractivity contribution in [2.45, 2.75) is 69.4 Å². The summed E-state index contributed by atoms with van der Waals surface area (Å²) in [6.07, 6.45) is -4.28. The second kappa shape index (κ2) is 10.2. The van der Waals surface area contributed by atoms with Crippen LogP contribution in [-0.4, -0.2) is 75.0 Å². The van der Waals surface area contributed by atoms with Gasteiger partial charge in [0.05, 0.1) is 42.1 Å². The molecule has 39 heavy (non-hydrogen) atoms. The van der Waals surface area contributed by atoms with E-state index in [9.17, 15) is 34.8 Å². The van der Waals surface area contributed by atoms with Crippen LogP contribution in [0.1, 0.15) is 75.8 Å². The van der Waals surface area contributed by atoms with Gasteiger partial charge in [0.2, 0.25) is 5.78 Å². The van der Waals surface area contributed by atoms with Gasteiger partial charge in [-0.05, 0) is 19.9 Å². The van der Waals surface area contributed by atoms with Gasteiger partial charge in [0.1, 0.15) is 22.8 Å². The van der Waals surface area contributed by atoms with E-state index in [2.05, 4.69) is 0 Å². The number of nitrogens with two attached hydrogens (primary N) is 1. The number of methoxy groups -OCH3 is 1. The number of phenolic OH excluding ortho intramolecular Hbond substituents is 2. The summed E-state index contributed by atoms with van der Waals surface area (Å²) in [6.45, 7) is 2.83. The lowest BCUT2D eigenvalue weighted by Crippen LogP contribution is -2.52. The van der Waals surface area contributed by atoms with E-state index in [-0.39, 0.29) is 70.8 Å². The lowest BCUT2D eigenvalue weighted by atomic mass is 9.72. The molecule has 1 saturated heterocycles. The molecule has 11 nitrogen and oxygen atoms in total. The third-order valence-corrected chi connectivity index (χ3v) is 7.78. The van der Waals surface area contributed by atoms with Crippen molar-refractivity contribution >= 4 is 29.8 Å². The highest BCUT2D eigenvalue weighted by Gasteiger charge is 2.49. The quantitative estimate of drug-likeness (QED) is 0.309. The highest BCUT2D eigenvalue weighted by molar-refractivity contribution is 6.31. The van der Waals surface area contributed by atoms with E-state index in [0.29, 0.717) is 0 Å². The Kier molecular flexibility index (Phi) is 7.54. The molecule has 6 unspecified atom stereocenters. The number of rotatable bonds is 4. The summed E-state index contributed by atoms with van der Waals surface area (Å²) in [5.74, 6) is -3.10. The van der Waals surface area contributed by atoms with Crippen LogP contribution in [-0.2, 0) is 20.7 Å². The van der Waals surface area contributed by atoms with Crippen LogP contribution in [0.5, 0.6) is 17.2 Å². The Bertz CT molecular complexity index is 1370. The van der Waals surface area contributed by atoms with Gasteiger partial charge >= 0.3 is 0 Å². The zero-order chi connectivity index (χ0) is 27.7. The summed E-state index contributed by atoms with van der Waals surface area (Å²) >= 11 is 0. The van der Waals surface area contributed by atoms with E-state index < -0.39 is 65.1 Å². The lowest BCUT2D eigenvalue weighted by Gasteiger charge is -2.42. The molecule has 210 valence electrons. The van der Waals surface area contributed by atoms with E-state index in [0.717, 1.165) is 0 Å². The van der Waals surface area contributed by atoms with Gasteiger partial charge in [-0.3, -0.25) is 14.4 Å². The molecule has 12 heteroatoms. The van der Waals surface area contributed by atoms with Crippen LogP contribution in [0.2, 0.25) is 0 Å². The molecule has 0 amide bonds. The van der Waals surface area contributed by atoms with Crippen LogP contribution in [0.4, 0.5) is 0 Å². The third-order valence-electron chi connectivity index (χ3n) is 7.78. The SMILES string of the molecule is COc1c2c(c(O)c3c1C(=O)c1cccc(O)c1C3=O)C(OC1CC(N)C(O)C(C)O1)CC(O)(C(C)=O)C2.Cl. The molecule has 3 aliphatic rings. The van der Waals surface area contributed by atoms with E-state index in [4.69, 9.17) is 19.9 Å². The Morgan fingerprint density at radius 1 is 1.15 bits per heavy atom. The van der Waals surface area contributed by atoms with Crippen LogP contribution in [0.3, 0.4) is 0 Å². The highest BCUT2D eigenvalue weighted by atomic mass is 35.5. The monoisotopic (exact) mass is 563 g/mol. The van der Waals surface area contributed by atoms with Crippen molar-refractivity contribution in [3.05, 3.63) is 51.6 Å². The molecule has 0 spiro atoms. The van der Waals surface area contributed by atoms with Gasteiger partial charge in [0.25, 0.3) is 0 Å². The average Bonchev–Trinajstić information content (AvgIpc) is 2.85. The van der Waals surface area contributed by atoms with E-state index in [1.165, 1.54) is 32.2 Å². The molecule has 2 aromatic rings. The number of carbonyl (C=O) groups is 3. The third kappa shape index (κ3) is 4.39. The number of hydrogen-bond donors (Lipinski definition) is 5. The van der Waals surface area contributed by atoms with Crippen molar-refractivity contribution in [1.29, 1.82) is 0 Å². The molecular formula is C27H30ClNO10. The Labute approximate surface area is 229 Å². The van der Waals surface area contributed by atoms with Crippen molar-refractivity contribution in [1.82, 2.24) is 0 Å². The minimum absolute atomic E-state index is 0. The second-order valence-corrected chi connectivity index (χ2v) is 10.1. The van der Waals surface area contributed by atoms with Gasteiger partial charge in [-0.2, -0.15) is 0 Å². The van der Waals surface area contributed by atoms with E-state index >= 15 is 0 Å². The van der Waals surface area contributed by atoms with Crippen molar-refractivity contribution < 1.29 is 49.0 Å². The number of benzene rings is 2. The number of aromatic hydroxyl groups is 2. The van der Waals surface area contributed by atoms with Gasteiger partial charge < -0.3 is 40.4 Å². The number of ether oxygens (including phenoxy) is 3. The first kappa shape index (κ1) is 28.9. The fraction of sp³-hybridized carbons (Fsp3) is 0.444. The summed E-state index contributed by atoms with van der Waals surface area (Å²) < 4.78 is 17.5. The van der Waals surface area contributed by atoms with Crippen molar-refractivity contribution in [3.8, 4) is 17.2 Å². The Morgan fingerprint density at radius 2 is 1.85 bits per heavy atom. The van der Waals surface area contributed by atoms with E-state index in [1.807, 2.05) is 0 Å². The minimum Gasteiger partial charge on any atom is -0.507 e. The summed E-state index contributed by atoms with van der Waals surface area (Å²) in [5.41, 5.74) is 3.37. The Balaban J connectivity index is 0.00000353. The predicted molar refractivity (Wildman–Crippen MR) is 138 cm³/mol. The first-order valence-electron chi connectivity index (χ1n) is 12.2. The standard InChI is InChI=1S/C27H29NO10.ClH/c1-10-22(31)14(28)7-17(37-10)38-16-9-27(35,11(2)29)8-13-19(16)25(34)20-21(26(13)36-3)23(32)12-5-4-6-15(30)18(12)24(20)33;/h4-6,10,14,16-17,22,30-31,34-35H,7-9,28H2,1-3H3;1H. The number of halogens is 1. The van der Waals surface area contributed by atoms with Gasteiger partial charge in [-0.1, -0.05) is 12.1 Å². The topological polar surface area (TPSA) is 186 Å². The number of Topliss-reactive ketones (excluding diaryl/α,β-unsaturated/α-hetero) is 1. The zero-order valence-corrected chi connectivity index (χ0v) is 22.3. The Morgan fingerprint density at radius 3 is 2.46 bits per heavy atom. The highest BCUT2D eigenvalue weighted by Crippen LogP contribution is 2.52. The molecule has 0 radical (unpaired) electrons. The molecule has 5 rings (SSSR count). The summed E-state index contributed by atoms with van der Waals surface area (Å²) in [4.78, 5) is 39.7. The fourth-order valence-electron chi connectivity index (χ4n) is 5.71. The maximum absolute atomic E-state index is 13.6. The summed E-state index contributed by atoms with van der Waals surface area (Å²) in [6, 6.07) is 3.38. The number of phenols is 2. The molecular weight excluding hydrogens is 534 g/mol. The van der Waals surface area contributed by atoms with Crippen LogP contribution in [0, 0.1) is 0 Å². The summed E-state index contributed by atoms with van der Waals surface area (Å²) in [7, 11) is 1.27. The lowest BCUT2D eigenvalue weighted by molar-refractivity contribution is -0.247. The molecule has 0 bridgehead atoms. The van der Waals surface area contributed by atoms with E-state index in [1.54, 1.807) is 6.92 Å². The minimum atomic E-state index is -1.94. The number of ketones is 3. The molecule has 1 fully saturated rings. The number of aliphatic hydroxyl groups is 2. The predicted octanol–water partition coefficient (Wildman–Crippen LogP) is 1.45. The smallest absolute Gasteiger partial charge is 0.202 e. The Hall–Kier alpha value is -3.06. The van der Waals surface area contributed by atoms with Crippen LogP contribution in [0.15, 0.2) is 18.2 Å². The molecule has 2 aliphatic carbocycles. The second-order valence-electron chi connectivity index (χ2n) is 10.1. The first-order valence-corrected chi connectivity index (χ1v) is 12.2. The zero-order valence-electron chi connectivity index (χ0n) is 21.5. The number of fused-ring (bicyclic) bond motifs is 3. The molecule has 0 saturated carbocycles. The number of aliphatic hydroxyl groups excluding tert-OH is 1. The molecule has 6 atom stereocenters. The van der Waals surface area contributed by atoms with Gasteiger partial charge in [0, 0.05) is 42.0 Å². The number of carbonyl (C=O) groups excluding carboxylic acids is 3. The fourth-order valence-corrected chi connectivity index (χ4v) is 5.71. The first-order chi connectivity index (χ1) is 17.9. The molecule has 1 heterocycles. The summed E-state index contributed by atoms with van der Waals surface area (Å²) in [5, 5.41) is 43.3. The maximum atomic E-state index is 13.6. The molecule has 1 aliphatic heterocycles. The van der Waals surface area contributed by atoms with Crippen molar-refractivity contribution in [2.75, 3.05) is 7.11 Å². The molecule has 2 aromatic carbocycles. The molecule has 0 aromatic heterocycles. The van der Waals surface area contributed by atoms with Crippen molar-refractivity contribution in [2.24, 2.45) is 5.73 Å². The average molecular weight is 564 g/mol. The largest absolute Gasteiger partial charge is 0.507 e. The van der Waals surface area contributed by atoms with Gasteiger partial charge in [0.15, 0.2) is 17.9 Å².